The van der Waals surface area contributed by atoms with Gasteiger partial charge < -0.3 is 9.64 Å². The Morgan fingerprint density at radius 3 is 2.22 bits per heavy atom. The highest BCUT2D eigenvalue weighted by atomic mass is 32.2. The van der Waals surface area contributed by atoms with Crippen LogP contribution in [0.4, 0.5) is 19.0 Å². The molecule has 0 atom stereocenters. The van der Waals surface area contributed by atoms with E-state index in [9.17, 15) is 21.6 Å². The number of thiophene rings is 1. The minimum absolute atomic E-state index is 0.0787. The first kappa shape index (κ1) is 22.7. The summed E-state index contributed by atoms with van der Waals surface area (Å²) in [4.78, 5) is 13.2. The number of sulfonamides is 1. The van der Waals surface area contributed by atoms with Crippen LogP contribution in [0.1, 0.15) is 16.3 Å². The van der Waals surface area contributed by atoms with E-state index in [1.165, 1.54) is 9.18 Å². The fraction of sp³-hybridized carbons (Fsp3) is 0.400. The zero-order valence-corrected chi connectivity index (χ0v) is 19.2. The molecular weight excluding hydrogens is 465 g/mol. The molecule has 0 radical (unpaired) electrons. The second-order valence-corrected chi connectivity index (χ2v) is 10.6. The SMILES string of the molecule is Cc1nc(N2CCN(S(=O)(=O)c3ccc(OC(F)(F)F)cc3)CC2)c2c(C)c(C)sc2n1. The topological polar surface area (TPSA) is 75.6 Å². The Morgan fingerprint density at radius 2 is 1.62 bits per heavy atom. The van der Waals surface area contributed by atoms with Gasteiger partial charge in [0, 0.05) is 31.1 Å². The van der Waals surface area contributed by atoms with Crippen molar-refractivity contribution < 1.29 is 26.3 Å². The Balaban J connectivity index is 1.52. The highest BCUT2D eigenvalue weighted by Crippen LogP contribution is 2.35. The van der Waals surface area contributed by atoms with Gasteiger partial charge in [-0.2, -0.15) is 4.31 Å². The average Bonchev–Trinajstić information content (AvgIpc) is 3.00. The summed E-state index contributed by atoms with van der Waals surface area (Å²) < 4.78 is 68.1. The molecule has 1 saturated heterocycles. The molecular formula is C20H21F3N4O3S2. The Bertz CT molecular complexity index is 1250. The van der Waals surface area contributed by atoms with Gasteiger partial charge in [-0.3, -0.25) is 0 Å². The Morgan fingerprint density at radius 1 is 1.00 bits per heavy atom. The third-order valence-corrected chi connectivity index (χ3v) is 8.37. The van der Waals surface area contributed by atoms with E-state index in [4.69, 9.17) is 0 Å². The van der Waals surface area contributed by atoms with E-state index in [-0.39, 0.29) is 18.0 Å². The number of benzene rings is 1. The second kappa shape index (κ2) is 8.16. The Kier molecular flexibility index (Phi) is 5.80. The molecule has 12 heteroatoms. The van der Waals surface area contributed by atoms with Gasteiger partial charge in [0.15, 0.2) is 0 Å². The predicted octanol–water partition coefficient (Wildman–Crippen LogP) is 4.03. The van der Waals surface area contributed by atoms with Crippen LogP contribution in [-0.2, 0) is 10.0 Å². The van der Waals surface area contributed by atoms with Crippen molar-refractivity contribution in [2.75, 3.05) is 31.1 Å². The summed E-state index contributed by atoms with van der Waals surface area (Å²) in [6.07, 6.45) is -4.83. The normalized spacial score (nSPS) is 16.0. The number of hydrogen-bond donors (Lipinski definition) is 0. The van der Waals surface area contributed by atoms with Crippen LogP contribution >= 0.6 is 11.3 Å². The van der Waals surface area contributed by atoms with Crippen LogP contribution in [0.25, 0.3) is 10.2 Å². The van der Waals surface area contributed by atoms with Crippen molar-refractivity contribution >= 4 is 37.4 Å². The molecule has 1 aromatic carbocycles. The fourth-order valence-corrected chi connectivity index (χ4v) is 6.16. The van der Waals surface area contributed by atoms with E-state index in [0.29, 0.717) is 18.9 Å². The molecule has 2 aromatic heterocycles. The monoisotopic (exact) mass is 486 g/mol. The molecule has 0 saturated carbocycles. The van der Waals surface area contributed by atoms with Crippen LogP contribution in [0.5, 0.6) is 5.75 Å². The first-order valence-electron chi connectivity index (χ1n) is 9.81. The van der Waals surface area contributed by atoms with Gasteiger partial charge in [-0.25, -0.2) is 18.4 Å². The molecule has 4 rings (SSSR count). The van der Waals surface area contributed by atoms with Gasteiger partial charge in [0.2, 0.25) is 10.0 Å². The smallest absolute Gasteiger partial charge is 0.406 e. The lowest BCUT2D eigenvalue weighted by atomic mass is 10.2. The van der Waals surface area contributed by atoms with Crippen LogP contribution < -0.4 is 9.64 Å². The lowest BCUT2D eigenvalue weighted by Crippen LogP contribution is -2.49. The number of halogens is 3. The van der Waals surface area contributed by atoms with Gasteiger partial charge in [0.25, 0.3) is 0 Å². The molecule has 1 aliphatic rings. The highest BCUT2D eigenvalue weighted by molar-refractivity contribution is 7.89. The van der Waals surface area contributed by atoms with Crippen molar-refractivity contribution in [3.8, 4) is 5.75 Å². The molecule has 172 valence electrons. The number of alkyl halides is 3. The molecule has 32 heavy (non-hydrogen) atoms. The third-order valence-electron chi connectivity index (χ3n) is 5.35. The van der Waals surface area contributed by atoms with Crippen LogP contribution in [-0.4, -0.2) is 55.2 Å². The Hall–Kier alpha value is -2.44. The first-order valence-corrected chi connectivity index (χ1v) is 12.1. The van der Waals surface area contributed by atoms with Gasteiger partial charge >= 0.3 is 6.36 Å². The summed E-state index contributed by atoms with van der Waals surface area (Å²) in [5.41, 5.74) is 1.12. The van der Waals surface area contributed by atoms with E-state index < -0.39 is 22.1 Å². The summed E-state index contributed by atoms with van der Waals surface area (Å²) in [7, 11) is -3.84. The maximum absolute atomic E-state index is 13.0. The van der Waals surface area contributed by atoms with Crippen LogP contribution in [0, 0.1) is 20.8 Å². The van der Waals surface area contributed by atoms with Gasteiger partial charge in [0.05, 0.1) is 10.3 Å². The number of rotatable bonds is 4. The standard InChI is InChI=1S/C20H21F3N4O3S2/c1-12-13(2)31-19-17(12)18(24-14(3)25-19)26-8-10-27(11-9-26)32(28,29)16-6-4-15(5-7-16)30-20(21,22)23/h4-7H,8-11H2,1-3H3. The third kappa shape index (κ3) is 4.39. The number of nitrogens with zero attached hydrogens (tertiary/aromatic N) is 4. The maximum atomic E-state index is 13.0. The molecule has 3 heterocycles. The summed E-state index contributed by atoms with van der Waals surface area (Å²) in [5, 5.41) is 0.995. The number of hydrogen-bond acceptors (Lipinski definition) is 7. The summed E-state index contributed by atoms with van der Waals surface area (Å²) >= 11 is 1.61. The molecule has 0 N–H and O–H groups in total. The van der Waals surface area contributed by atoms with Gasteiger partial charge in [-0.15, -0.1) is 24.5 Å². The van der Waals surface area contributed by atoms with Crippen molar-refractivity contribution in [2.45, 2.75) is 32.0 Å². The molecule has 1 aliphatic heterocycles. The quantitative estimate of drug-likeness (QED) is 0.555. The number of ether oxygens (including phenoxy) is 1. The summed E-state index contributed by atoms with van der Waals surface area (Å²) in [6.45, 7) is 7.24. The van der Waals surface area contributed by atoms with Crippen LogP contribution in [0.2, 0.25) is 0 Å². The summed E-state index contributed by atoms with van der Waals surface area (Å²) in [6, 6.07) is 4.24. The Labute approximate surface area is 187 Å². The second-order valence-electron chi connectivity index (χ2n) is 7.47. The lowest BCUT2D eigenvalue weighted by Gasteiger charge is -2.35. The lowest BCUT2D eigenvalue weighted by molar-refractivity contribution is -0.274. The van der Waals surface area contributed by atoms with Crippen molar-refractivity contribution in [1.29, 1.82) is 0 Å². The van der Waals surface area contributed by atoms with E-state index in [1.54, 1.807) is 11.3 Å². The van der Waals surface area contributed by atoms with Crippen molar-refractivity contribution in [3.63, 3.8) is 0 Å². The van der Waals surface area contributed by atoms with Crippen molar-refractivity contribution in [1.82, 2.24) is 14.3 Å². The van der Waals surface area contributed by atoms with Crippen LogP contribution in [0.15, 0.2) is 29.2 Å². The van der Waals surface area contributed by atoms with Crippen molar-refractivity contribution in [2.24, 2.45) is 0 Å². The molecule has 1 fully saturated rings. The van der Waals surface area contributed by atoms with Crippen molar-refractivity contribution in [3.05, 3.63) is 40.5 Å². The number of aromatic nitrogens is 2. The minimum Gasteiger partial charge on any atom is -0.406 e. The number of piperazine rings is 1. The number of anilines is 1. The number of fused-ring (bicyclic) bond motifs is 1. The minimum atomic E-state index is -4.83. The first-order chi connectivity index (χ1) is 15.0. The largest absolute Gasteiger partial charge is 0.573 e. The fourth-order valence-electron chi connectivity index (χ4n) is 3.66. The molecule has 0 aliphatic carbocycles. The van der Waals surface area contributed by atoms with E-state index in [0.717, 1.165) is 45.9 Å². The average molecular weight is 487 g/mol. The van der Waals surface area contributed by atoms with Gasteiger partial charge in [-0.05, 0) is 50.6 Å². The molecule has 0 unspecified atom stereocenters. The molecule has 0 amide bonds. The van der Waals surface area contributed by atoms with Gasteiger partial charge in [0.1, 0.15) is 22.2 Å². The van der Waals surface area contributed by atoms with E-state index in [1.807, 2.05) is 20.8 Å². The van der Waals surface area contributed by atoms with Gasteiger partial charge in [-0.1, -0.05) is 0 Å². The zero-order chi connectivity index (χ0) is 23.3. The molecule has 7 nitrogen and oxygen atoms in total. The summed E-state index contributed by atoms with van der Waals surface area (Å²) in [5.74, 6) is 0.996. The maximum Gasteiger partial charge on any atom is 0.573 e. The molecule has 3 aromatic rings. The van der Waals surface area contributed by atoms with Crippen LogP contribution in [0.3, 0.4) is 0 Å². The highest BCUT2D eigenvalue weighted by Gasteiger charge is 2.32. The molecule has 0 bridgehead atoms. The number of aryl methyl sites for hydroxylation is 3. The zero-order valence-electron chi connectivity index (χ0n) is 17.6. The van der Waals surface area contributed by atoms with E-state index >= 15 is 0 Å². The van der Waals surface area contributed by atoms with E-state index in [2.05, 4.69) is 19.6 Å². The predicted molar refractivity (Wildman–Crippen MR) is 116 cm³/mol. The molecule has 0 spiro atoms.